The van der Waals surface area contributed by atoms with Gasteiger partial charge >= 0.3 is 0 Å². The number of benzene rings is 5. The van der Waals surface area contributed by atoms with E-state index < -0.39 is 0 Å². The van der Waals surface area contributed by atoms with Crippen molar-refractivity contribution >= 4 is 43.4 Å². The Labute approximate surface area is 209 Å². The van der Waals surface area contributed by atoms with Gasteiger partial charge in [0.1, 0.15) is 0 Å². The highest BCUT2D eigenvalue weighted by molar-refractivity contribution is 6.13. The zero-order valence-corrected chi connectivity index (χ0v) is 20.3. The van der Waals surface area contributed by atoms with E-state index in [1.54, 1.807) is 0 Å². The van der Waals surface area contributed by atoms with Crippen molar-refractivity contribution in [1.29, 1.82) is 0 Å². The van der Waals surface area contributed by atoms with Gasteiger partial charge < -0.3 is 4.57 Å². The summed E-state index contributed by atoms with van der Waals surface area (Å²) in [5.41, 5.74) is 9.18. The van der Waals surface area contributed by atoms with Crippen LogP contribution >= 0.6 is 0 Å². The lowest BCUT2D eigenvalue weighted by Crippen LogP contribution is -2.15. The van der Waals surface area contributed by atoms with Gasteiger partial charge in [-0.25, -0.2) is 0 Å². The van der Waals surface area contributed by atoms with Gasteiger partial charge in [0.05, 0.1) is 11.0 Å². The first-order valence-electron chi connectivity index (χ1n) is 12.6. The van der Waals surface area contributed by atoms with E-state index in [4.69, 9.17) is 0 Å². The highest BCUT2D eigenvalue weighted by Gasteiger charge is 2.37. The molecule has 0 fully saturated rings. The maximum Gasteiger partial charge on any atom is 0.0544 e. The molecule has 0 spiro atoms. The van der Waals surface area contributed by atoms with E-state index in [-0.39, 0.29) is 5.41 Å². The SMILES string of the molecule is CC1(C)c2cc3c(cc2-c2c1ccc1ccccc21)c1ccccc1n3-c1ccc2cnccc2c1. The number of para-hydroxylation sites is 1. The molecule has 0 aliphatic heterocycles. The van der Waals surface area contributed by atoms with Crippen LogP contribution in [-0.4, -0.2) is 9.55 Å². The first kappa shape index (κ1) is 19.8. The lowest BCUT2D eigenvalue weighted by molar-refractivity contribution is 0.661. The Morgan fingerprint density at radius 3 is 2.33 bits per heavy atom. The number of fused-ring (bicyclic) bond motifs is 9. The Balaban J connectivity index is 1.51. The summed E-state index contributed by atoms with van der Waals surface area (Å²) in [5.74, 6) is 0. The quantitative estimate of drug-likeness (QED) is 0.239. The maximum atomic E-state index is 4.29. The molecule has 0 saturated carbocycles. The number of aromatic nitrogens is 2. The van der Waals surface area contributed by atoms with Crippen LogP contribution < -0.4 is 0 Å². The lowest BCUT2D eigenvalue weighted by atomic mass is 9.82. The molecule has 0 atom stereocenters. The number of rotatable bonds is 1. The molecular formula is C34H24N2. The lowest BCUT2D eigenvalue weighted by Gasteiger charge is -2.22. The maximum absolute atomic E-state index is 4.29. The molecule has 0 bridgehead atoms. The highest BCUT2D eigenvalue weighted by atomic mass is 15.0. The third-order valence-corrected chi connectivity index (χ3v) is 8.24. The molecule has 0 N–H and O–H groups in total. The smallest absolute Gasteiger partial charge is 0.0544 e. The minimum Gasteiger partial charge on any atom is -0.309 e. The van der Waals surface area contributed by atoms with Crippen molar-refractivity contribution in [2.24, 2.45) is 0 Å². The average molecular weight is 461 g/mol. The summed E-state index contributed by atoms with van der Waals surface area (Å²) in [6, 6.07) is 35.9. The van der Waals surface area contributed by atoms with E-state index in [1.165, 1.54) is 65.9 Å². The second kappa shape index (κ2) is 6.83. The average Bonchev–Trinajstić information content (AvgIpc) is 3.36. The Morgan fingerprint density at radius 1 is 0.611 bits per heavy atom. The monoisotopic (exact) mass is 460 g/mol. The highest BCUT2D eigenvalue weighted by Crippen LogP contribution is 2.53. The largest absolute Gasteiger partial charge is 0.309 e. The first-order chi connectivity index (χ1) is 17.6. The Hall–Kier alpha value is -4.43. The fraction of sp³-hybridized carbons (Fsp3) is 0.0882. The molecule has 1 aliphatic carbocycles. The van der Waals surface area contributed by atoms with E-state index in [2.05, 4.69) is 120 Å². The second-order valence-electron chi connectivity index (χ2n) is 10.5. The van der Waals surface area contributed by atoms with Crippen molar-refractivity contribution in [3.63, 3.8) is 0 Å². The second-order valence-corrected chi connectivity index (χ2v) is 10.5. The molecular weight excluding hydrogens is 436 g/mol. The molecule has 0 unspecified atom stereocenters. The summed E-state index contributed by atoms with van der Waals surface area (Å²) in [6.07, 6.45) is 3.80. The van der Waals surface area contributed by atoms with Crippen LogP contribution in [0.2, 0.25) is 0 Å². The topological polar surface area (TPSA) is 17.8 Å². The first-order valence-corrected chi connectivity index (χ1v) is 12.6. The molecule has 0 amide bonds. The number of hydrogen-bond donors (Lipinski definition) is 0. The van der Waals surface area contributed by atoms with Gasteiger partial charge in [0.25, 0.3) is 0 Å². The molecule has 2 aromatic heterocycles. The summed E-state index contributed by atoms with van der Waals surface area (Å²) >= 11 is 0. The standard InChI is InChI=1S/C34H24N2/c1-34(2)29-14-12-21-7-3-4-8-25(21)33(29)28-18-27-26-9-5-6-10-31(26)36(32(27)19-30(28)34)24-13-11-23-20-35-16-15-22(23)17-24/h3-20H,1-2H3. The van der Waals surface area contributed by atoms with Crippen LogP contribution in [-0.2, 0) is 5.41 Å². The fourth-order valence-corrected chi connectivity index (χ4v) is 6.45. The molecule has 0 radical (unpaired) electrons. The minimum atomic E-state index is -0.0702. The van der Waals surface area contributed by atoms with Gasteiger partial charge in [-0.3, -0.25) is 4.98 Å². The Bertz CT molecular complexity index is 2020. The van der Waals surface area contributed by atoms with E-state index in [0.29, 0.717) is 0 Å². The minimum absolute atomic E-state index is 0.0702. The summed E-state index contributed by atoms with van der Waals surface area (Å²) < 4.78 is 2.43. The van der Waals surface area contributed by atoms with Crippen molar-refractivity contribution in [2.75, 3.05) is 0 Å². The van der Waals surface area contributed by atoms with Crippen molar-refractivity contribution in [3.8, 4) is 16.8 Å². The van der Waals surface area contributed by atoms with Crippen LogP contribution in [0.1, 0.15) is 25.0 Å². The van der Waals surface area contributed by atoms with E-state index in [1.807, 2.05) is 12.4 Å². The number of hydrogen-bond acceptors (Lipinski definition) is 1. The predicted octanol–water partition coefficient (Wildman–Crippen LogP) is 8.79. The summed E-state index contributed by atoms with van der Waals surface area (Å²) in [5, 5.41) is 7.59. The number of pyridine rings is 1. The van der Waals surface area contributed by atoms with Gasteiger partial charge in [0, 0.05) is 39.7 Å². The van der Waals surface area contributed by atoms with E-state index >= 15 is 0 Å². The zero-order chi connectivity index (χ0) is 24.0. The predicted molar refractivity (Wildman–Crippen MR) is 151 cm³/mol. The summed E-state index contributed by atoms with van der Waals surface area (Å²) in [6.45, 7) is 4.74. The molecule has 5 aromatic carbocycles. The third kappa shape index (κ3) is 2.48. The van der Waals surface area contributed by atoms with Gasteiger partial charge in [0.15, 0.2) is 0 Å². The molecule has 2 nitrogen and oxygen atoms in total. The Kier molecular flexibility index (Phi) is 3.76. The van der Waals surface area contributed by atoms with E-state index in [9.17, 15) is 0 Å². The molecule has 0 saturated heterocycles. The van der Waals surface area contributed by atoms with Crippen molar-refractivity contribution in [1.82, 2.24) is 9.55 Å². The van der Waals surface area contributed by atoms with Gasteiger partial charge in [-0.1, -0.05) is 74.5 Å². The zero-order valence-electron chi connectivity index (χ0n) is 20.3. The normalized spacial score (nSPS) is 14.1. The molecule has 2 heteroatoms. The van der Waals surface area contributed by atoms with Crippen molar-refractivity contribution < 1.29 is 0 Å². The van der Waals surface area contributed by atoms with Crippen LogP contribution in [0.5, 0.6) is 0 Å². The molecule has 36 heavy (non-hydrogen) atoms. The van der Waals surface area contributed by atoms with Crippen LogP contribution in [0.25, 0.3) is 60.2 Å². The third-order valence-electron chi connectivity index (χ3n) is 8.24. The van der Waals surface area contributed by atoms with Crippen LogP contribution in [0.3, 0.4) is 0 Å². The molecule has 8 rings (SSSR count). The van der Waals surface area contributed by atoms with Gasteiger partial charge in [-0.05, 0) is 74.8 Å². The molecule has 1 aliphatic rings. The summed E-state index contributed by atoms with van der Waals surface area (Å²) in [4.78, 5) is 4.29. The molecule has 170 valence electrons. The molecule has 2 heterocycles. The van der Waals surface area contributed by atoms with E-state index in [0.717, 1.165) is 5.39 Å². The van der Waals surface area contributed by atoms with Crippen LogP contribution in [0, 0.1) is 0 Å². The van der Waals surface area contributed by atoms with Gasteiger partial charge in [-0.2, -0.15) is 0 Å². The molecule has 7 aromatic rings. The van der Waals surface area contributed by atoms with Gasteiger partial charge in [0.2, 0.25) is 0 Å². The summed E-state index contributed by atoms with van der Waals surface area (Å²) in [7, 11) is 0. The van der Waals surface area contributed by atoms with Crippen LogP contribution in [0.15, 0.2) is 109 Å². The fourth-order valence-electron chi connectivity index (χ4n) is 6.45. The van der Waals surface area contributed by atoms with Crippen LogP contribution in [0.4, 0.5) is 0 Å². The van der Waals surface area contributed by atoms with Crippen molar-refractivity contribution in [3.05, 3.63) is 121 Å². The van der Waals surface area contributed by atoms with Gasteiger partial charge in [-0.15, -0.1) is 0 Å². The Morgan fingerprint density at radius 2 is 1.42 bits per heavy atom. The van der Waals surface area contributed by atoms with Crippen molar-refractivity contribution in [2.45, 2.75) is 19.3 Å². The number of nitrogens with zero attached hydrogens (tertiary/aromatic N) is 2.